The first-order valence-corrected chi connectivity index (χ1v) is 6.90. The number of nitrogens with one attached hydrogen (secondary N) is 2. The molecule has 2 amide bonds. The van der Waals surface area contributed by atoms with Gasteiger partial charge in [-0.1, -0.05) is 25.4 Å². The van der Waals surface area contributed by atoms with Crippen LogP contribution in [0.4, 0.5) is 0 Å². The van der Waals surface area contributed by atoms with Crippen LogP contribution in [0.5, 0.6) is 0 Å². The van der Waals surface area contributed by atoms with E-state index in [1.54, 1.807) is 0 Å². The molecule has 0 aliphatic rings. The normalized spacial score (nSPS) is 10.4. The molecule has 0 saturated carbocycles. The lowest BCUT2D eigenvalue weighted by molar-refractivity contribution is -0.120. The molecule has 110 valence electrons. The molecule has 1 heterocycles. The maximum absolute atomic E-state index is 12.0. The van der Waals surface area contributed by atoms with Crippen molar-refractivity contribution >= 4 is 23.4 Å². The fraction of sp³-hybridized carbons (Fsp3) is 0.538. The zero-order valence-corrected chi connectivity index (χ0v) is 12.6. The van der Waals surface area contributed by atoms with E-state index in [1.165, 1.54) is 6.20 Å². The summed E-state index contributed by atoms with van der Waals surface area (Å²) in [4.78, 5) is 31.4. The highest BCUT2D eigenvalue weighted by Gasteiger charge is 2.15. The number of amides is 2. The molecule has 1 rings (SSSR count). The third-order valence-electron chi connectivity index (χ3n) is 2.51. The lowest BCUT2D eigenvalue weighted by Gasteiger charge is -2.09. The van der Waals surface area contributed by atoms with Gasteiger partial charge in [0.05, 0.1) is 11.2 Å². The molecule has 6 nitrogen and oxygen atoms in total. The van der Waals surface area contributed by atoms with Crippen LogP contribution in [-0.2, 0) is 4.79 Å². The molecule has 2 N–H and O–H groups in total. The molecule has 0 atom stereocenters. The lowest BCUT2D eigenvalue weighted by atomic mass is 10.2. The Balaban J connectivity index is 2.63. The maximum atomic E-state index is 12.0. The molecule has 0 fully saturated rings. The molecule has 1 aromatic heterocycles. The van der Waals surface area contributed by atoms with Gasteiger partial charge in [-0.15, -0.1) is 0 Å². The number of nitrogens with zero attached hydrogens (tertiary/aromatic N) is 2. The number of aromatic nitrogens is 2. The molecule has 20 heavy (non-hydrogen) atoms. The van der Waals surface area contributed by atoms with E-state index in [2.05, 4.69) is 20.6 Å². The highest BCUT2D eigenvalue weighted by molar-refractivity contribution is 6.33. The van der Waals surface area contributed by atoms with E-state index in [0.717, 1.165) is 0 Å². The topological polar surface area (TPSA) is 84.0 Å². The Morgan fingerprint density at radius 2 is 2.05 bits per heavy atom. The van der Waals surface area contributed by atoms with Crippen LogP contribution in [0.3, 0.4) is 0 Å². The van der Waals surface area contributed by atoms with Gasteiger partial charge in [0.25, 0.3) is 5.91 Å². The molecule has 7 heteroatoms. The van der Waals surface area contributed by atoms with Gasteiger partial charge in [0, 0.05) is 25.4 Å². The van der Waals surface area contributed by atoms with Crippen molar-refractivity contribution in [2.45, 2.75) is 33.1 Å². The van der Waals surface area contributed by atoms with Crippen molar-refractivity contribution in [1.82, 2.24) is 20.6 Å². The number of rotatable bonds is 6. The Morgan fingerprint density at radius 1 is 1.35 bits per heavy atom. The molecule has 0 spiro atoms. The Bertz CT molecular complexity index is 491. The second-order valence-corrected chi connectivity index (χ2v) is 4.95. The first-order valence-electron chi connectivity index (χ1n) is 6.53. The SMILES string of the molecule is CCNC(=O)CCNC(=O)c1nc(C(C)C)ncc1Cl. The molecule has 0 aliphatic heterocycles. The Morgan fingerprint density at radius 3 is 2.65 bits per heavy atom. The van der Waals surface area contributed by atoms with Crippen LogP contribution in [0.15, 0.2) is 6.20 Å². The van der Waals surface area contributed by atoms with Crippen molar-refractivity contribution in [1.29, 1.82) is 0 Å². The number of hydrogen-bond donors (Lipinski definition) is 2. The van der Waals surface area contributed by atoms with Crippen LogP contribution in [0.1, 0.15) is 49.4 Å². The molecular formula is C13H19ClN4O2. The van der Waals surface area contributed by atoms with Crippen LogP contribution < -0.4 is 10.6 Å². The summed E-state index contributed by atoms with van der Waals surface area (Å²) in [7, 11) is 0. The number of carbonyl (C=O) groups is 2. The molecule has 0 radical (unpaired) electrons. The number of hydrogen-bond acceptors (Lipinski definition) is 4. The summed E-state index contributed by atoms with van der Waals surface area (Å²) in [5, 5.41) is 5.47. The average molecular weight is 299 g/mol. The number of halogens is 1. The highest BCUT2D eigenvalue weighted by Crippen LogP contribution is 2.16. The van der Waals surface area contributed by atoms with Gasteiger partial charge in [-0.05, 0) is 6.92 Å². The Labute approximate surface area is 123 Å². The van der Waals surface area contributed by atoms with Crippen molar-refractivity contribution < 1.29 is 9.59 Å². The van der Waals surface area contributed by atoms with Crippen LogP contribution in [-0.4, -0.2) is 34.9 Å². The maximum Gasteiger partial charge on any atom is 0.271 e. The second-order valence-electron chi connectivity index (χ2n) is 4.54. The minimum atomic E-state index is -0.399. The second kappa shape index (κ2) is 7.79. The van der Waals surface area contributed by atoms with E-state index in [9.17, 15) is 9.59 Å². The Kier molecular flexibility index (Phi) is 6.38. The van der Waals surface area contributed by atoms with E-state index in [1.807, 2.05) is 20.8 Å². The lowest BCUT2D eigenvalue weighted by Crippen LogP contribution is -2.31. The highest BCUT2D eigenvalue weighted by atomic mass is 35.5. The summed E-state index contributed by atoms with van der Waals surface area (Å²) in [5.74, 6) is 0.158. The van der Waals surface area contributed by atoms with Crippen molar-refractivity contribution in [3.63, 3.8) is 0 Å². The van der Waals surface area contributed by atoms with Crippen molar-refractivity contribution in [3.8, 4) is 0 Å². The summed E-state index contributed by atoms with van der Waals surface area (Å²) in [6.45, 7) is 6.51. The van der Waals surface area contributed by atoms with Crippen LogP contribution >= 0.6 is 11.6 Å². The summed E-state index contributed by atoms with van der Waals surface area (Å²) in [6, 6.07) is 0. The molecule has 0 saturated heterocycles. The van der Waals surface area contributed by atoms with Crippen LogP contribution in [0.25, 0.3) is 0 Å². The monoisotopic (exact) mass is 298 g/mol. The van der Waals surface area contributed by atoms with Gasteiger partial charge >= 0.3 is 0 Å². The summed E-state index contributed by atoms with van der Waals surface area (Å²) in [5.41, 5.74) is 0.140. The average Bonchev–Trinajstić information content (AvgIpc) is 2.39. The first-order chi connectivity index (χ1) is 9.45. The van der Waals surface area contributed by atoms with Gasteiger partial charge in [-0.3, -0.25) is 9.59 Å². The molecular weight excluding hydrogens is 280 g/mol. The van der Waals surface area contributed by atoms with E-state index >= 15 is 0 Å². The standard InChI is InChI=1S/C13H19ClN4O2/c1-4-15-10(19)5-6-16-13(20)11-9(14)7-17-12(18-11)8(2)3/h7-8H,4-6H2,1-3H3,(H,15,19)(H,16,20). The van der Waals surface area contributed by atoms with E-state index in [0.29, 0.717) is 12.4 Å². The number of carbonyl (C=O) groups excluding carboxylic acids is 2. The Hall–Kier alpha value is -1.69. The van der Waals surface area contributed by atoms with E-state index < -0.39 is 5.91 Å². The smallest absolute Gasteiger partial charge is 0.271 e. The predicted octanol–water partition coefficient (Wildman–Crippen LogP) is 1.51. The van der Waals surface area contributed by atoms with Gasteiger partial charge in [-0.25, -0.2) is 9.97 Å². The van der Waals surface area contributed by atoms with E-state index in [4.69, 9.17) is 11.6 Å². The third kappa shape index (κ3) is 4.77. The van der Waals surface area contributed by atoms with Gasteiger partial charge in [0.15, 0.2) is 0 Å². The summed E-state index contributed by atoms with van der Waals surface area (Å²) >= 11 is 5.92. The van der Waals surface area contributed by atoms with Crippen LogP contribution in [0, 0.1) is 0 Å². The van der Waals surface area contributed by atoms with E-state index in [-0.39, 0.29) is 35.5 Å². The molecule has 0 aromatic carbocycles. The molecule has 0 bridgehead atoms. The summed E-state index contributed by atoms with van der Waals surface area (Å²) < 4.78 is 0. The zero-order valence-electron chi connectivity index (χ0n) is 11.9. The van der Waals surface area contributed by atoms with Gasteiger partial charge in [-0.2, -0.15) is 0 Å². The van der Waals surface area contributed by atoms with Gasteiger partial charge < -0.3 is 10.6 Å². The zero-order chi connectivity index (χ0) is 15.1. The molecule has 0 unspecified atom stereocenters. The molecule has 1 aromatic rings. The largest absolute Gasteiger partial charge is 0.356 e. The summed E-state index contributed by atoms with van der Waals surface area (Å²) in [6.07, 6.45) is 1.64. The fourth-order valence-electron chi connectivity index (χ4n) is 1.48. The van der Waals surface area contributed by atoms with Crippen molar-refractivity contribution in [2.75, 3.05) is 13.1 Å². The minimum Gasteiger partial charge on any atom is -0.356 e. The molecule has 0 aliphatic carbocycles. The minimum absolute atomic E-state index is 0.106. The fourth-order valence-corrected chi connectivity index (χ4v) is 1.65. The van der Waals surface area contributed by atoms with Gasteiger partial charge in [0.2, 0.25) is 5.91 Å². The van der Waals surface area contributed by atoms with Crippen LogP contribution in [0.2, 0.25) is 5.02 Å². The predicted molar refractivity (Wildman–Crippen MR) is 76.8 cm³/mol. The van der Waals surface area contributed by atoms with Gasteiger partial charge in [0.1, 0.15) is 11.5 Å². The van der Waals surface area contributed by atoms with Crippen molar-refractivity contribution in [3.05, 3.63) is 22.7 Å². The first kappa shape index (κ1) is 16.4. The van der Waals surface area contributed by atoms with Crippen molar-refractivity contribution in [2.24, 2.45) is 0 Å². The quantitative estimate of drug-likeness (QED) is 0.834. The third-order valence-corrected chi connectivity index (χ3v) is 2.78.